The number of carbonyl (C=O) groups is 1. The van der Waals surface area contributed by atoms with Gasteiger partial charge in [-0.2, -0.15) is 0 Å². The van der Waals surface area contributed by atoms with Crippen LogP contribution in [0.1, 0.15) is 18.0 Å². The SMILES string of the molecule is COc1cc(OC)cc(N2CCC(CNC(=O)C(N)c3ccccc3)C2)c1.Cl.Cl. The van der Waals surface area contributed by atoms with Crippen LogP contribution >= 0.6 is 24.8 Å². The van der Waals surface area contributed by atoms with Gasteiger partial charge in [-0.05, 0) is 17.9 Å². The van der Waals surface area contributed by atoms with E-state index in [9.17, 15) is 4.79 Å². The van der Waals surface area contributed by atoms with E-state index >= 15 is 0 Å². The first-order chi connectivity index (χ1) is 13.1. The molecular formula is C21H29Cl2N3O3. The summed E-state index contributed by atoms with van der Waals surface area (Å²) in [5.41, 5.74) is 7.95. The van der Waals surface area contributed by atoms with Gasteiger partial charge < -0.3 is 25.4 Å². The van der Waals surface area contributed by atoms with E-state index in [1.807, 2.05) is 48.5 Å². The molecular weight excluding hydrogens is 413 g/mol. The van der Waals surface area contributed by atoms with Crippen molar-refractivity contribution in [2.75, 3.05) is 38.8 Å². The van der Waals surface area contributed by atoms with Gasteiger partial charge in [0.2, 0.25) is 5.91 Å². The van der Waals surface area contributed by atoms with Crippen LogP contribution in [0.3, 0.4) is 0 Å². The molecule has 2 unspecified atom stereocenters. The highest BCUT2D eigenvalue weighted by atomic mass is 35.5. The fourth-order valence-corrected chi connectivity index (χ4v) is 3.38. The maximum absolute atomic E-state index is 12.3. The number of anilines is 1. The molecule has 0 radical (unpaired) electrons. The molecule has 0 aromatic heterocycles. The molecule has 8 heteroatoms. The van der Waals surface area contributed by atoms with Crippen molar-refractivity contribution >= 4 is 36.4 Å². The molecule has 29 heavy (non-hydrogen) atoms. The summed E-state index contributed by atoms with van der Waals surface area (Å²) in [5, 5.41) is 3.00. The molecule has 160 valence electrons. The molecule has 1 fully saturated rings. The van der Waals surface area contributed by atoms with E-state index < -0.39 is 6.04 Å². The Hall–Kier alpha value is -2.15. The van der Waals surface area contributed by atoms with Crippen LogP contribution in [0.4, 0.5) is 5.69 Å². The normalized spacial score (nSPS) is 16.2. The van der Waals surface area contributed by atoms with E-state index in [0.717, 1.165) is 42.3 Å². The number of ether oxygens (including phenoxy) is 2. The third-order valence-corrected chi connectivity index (χ3v) is 4.99. The van der Waals surface area contributed by atoms with Gasteiger partial charge >= 0.3 is 0 Å². The van der Waals surface area contributed by atoms with Gasteiger partial charge in [-0.25, -0.2) is 0 Å². The van der Waals surface area contributed by atoms with Crippen molar-refractivity contribution in [3.63, 3.8) is 0 Å². The summed E-state index contributed by atoms with van der Waals surface area (Å²) in [6.45, 7) is 2.43. The first-order valence-corrected chi connectivity index (χ1v) is 9.17. The van der Waals surface area contributed by atoms with Gasteiger partial charge in [0.05, 0.1) is 14.2 Å². The number of hydrogen-bond donors (Lipinski definition) is 2. The maximum atomic E-state index is 12.3. The van der Waals surface area contributed by atoms with Crippen LogP contribution in [0.5, 0.6) is 11.5 Å². The summed E-state index contributed by atoms with van der Waals surface area (Å²) < 4.78 is 10.7. The highest BCUT2D eigenvalue weighted by molar-refractivity contribution is 5.85. The lowest BCUT2D eigenvalue weighted by Crippen LogP contribution is -2.37. The van der Waals surface area contributed by atoms with E-state index in [-0.39, 0.29) is 30.7 Å². The van der Waals surface area contributed by atoms with E-state index in [1.165, 1.54) is 0 Å². The van der Waals surface area contributed by atoms with Crippen molar-refractivity contribution in [3.05, 3.63) is 54.1 Å². The summed E-state index contributed by atoms with van der Waals surface area (Å²) in [6.07, 6.45) is 1.01. The smallest absolute Gasteiger partial charge is 0.241 e. The van der Waals surface area contributed by atoms with Crippen LogP contribution in [-0.4, -0.2) is 39.8 Å². The summed E-state index contributed by atoms with van der Waals surface area (Å²) in [5.74, 6) is 1.79. The molecule has 1 amide bonds. The quantitative estimate of drug-likeness (QED) is 0.689. The Bertz CT molecular complexity index is 755. The molecule has 3 N–H and O–H groups in total. The molecule has 0 spiro atoms. The highest BCUT2D eigenvalue weighted by Crippen LogP contribution is 2.31. The zero-order valence-corrected chi connectivity index (χ0v) is 18.3. The molecule has 1 heterocycles. The predicted octanol–water partition coefficient (Wildman–Crippen LogP) is 3.19. The number of hydrogen-bond acceptors (Lipinski definition) is 5. The second-order valence-electron chi connectivity index (χ2n) is 6.81. The molecule has 1 aliphatic rings. The molecule has 0 aliphatic carbocycles. The molecule has 2 atom stereocenters. The van der Waals surface area contributed by atoms with Crippen molar-refractivity contribution in [2.45, 2.75) is 12.5 Å². The summed E-state index contributed by atoms with van der Waals surface area (Å²) in [6, 6.07) is 14.7. The number of nitrogens with zero attached hydrogens (tertiary/aromatic N) is 1. The fourth-order valence-electron chi connectivity index (χ4n) is 3.38. The Morgan fingerprint density at radius 1 is 1.14 bits per heavy atom. The summed E-state index contributed by atoms with van der Waals surface area (Å²) >= 11 is 0. The number of rotatable bonds is 7. The number of nitrogens with two attached hydrogens (primary N) is 1. The van der Waals surface area contributed by atoms with Gasteiger partial charge in [0.15, 0.2) is 0 Å². The lowest BCUT2D eigenvalue weighted by molar-refractivity contribution is -0.122. The first-order valence-electron chi connectivity index (χ1n) is 9.17. The van der Waals surface area contributed by atoms with Gasteiger partial charge in [0.25, 0.3) is 0 Å². The van der Waals surface area contributed by atoms with Crippen LogP contribution in [0.2, 0.25) is 0 Å². The number of methoxy groups -OCH3 is 2. The van der Waals surface area contributed by atoms with Crippen LogP contribution < -0.4 is 25.4 Å². The number of carbonyl (C=O) groups excluding carboxylic acids is 1. The summed E-state index contributed by atoms with van der Waals surface area (Å²) in [4.78, 5) is 14.6. The third kappa shape index (κ3) is 6.42. The number of halogens is 2. The van der Waals surface area contributed by atoms with Crippen molar-refractivity contribution < 1.29 is 14.3 Å². The number of benzene rings is 2. The van der Waals surface area contributed by atoms with Crippen molar-refractivity contribution in [1.29, 1.82) is 0 Å². The number of nitrogens with one attached hydrogen (secondary N) is 1. The second-order valence-corrected chi connectivity index (χ2v) is 6.81. The standard InChI is InChI=1S/C21H27N3O3.2ClH/c1-26-18-10-17(11-19(12-18)27-2)24-9-8-15(14-24)13-23-21(25)20(22)16-6-4-3-5-7-16;;/h3-7,10-12,15,20H,8-9,13-14,22H2,1-2H3,(H,23,25);2*1H. The lowest BCUT2D eigenvalue weighted by Gasteiger charge is -2.21. The Labute approximate surface area is 184 Å². The highest BCUT2D eigenvalue weighted by Gasteiger charge is 2.25. The molecule has 6 nitrogen and oxygen atoms in total. The Morgan fingerprint density at radius 2 is 1.76 bits per heavy atom. The second kappa shape index (κ2) is 11.8. The van der Waals surface area contributed by atoms with Crippen LogP contribution in [0, 0.1) is 5.92 Å². The lowest BCUT2D eigenvalue weighted by atomic mass is 10.1. The average molecular weight is 442 g/mol. The monoisotopic (exact) mass is 441 g/mol. The van der Waals surface area contributed by atoms with E-state index in [1.54, 1.807) is 14.2 Å². The van der Waals surface area contributed by atoms with Crippen molar-refractivity contribution in [2.24, 2.45) is 11.7 Å². The first kappa shape index (κ1) is 24.9. The van der Waals surface area contributed by atoms with E-state index in [0.29, 0.717) is 12.5 Å². The van der Waals surface area contributed by atoms with Crippen molar-refractivity contribution in [1.82, 2.24) is 5.32 Å². The van der Waals surface area contributed by atoms with Gasteiger partial charge in [0, 0.05) is 43.5 Å². The molecule has 0 saturated carbocycles. The maximum Gasteiger partial charge on any atom is 0.241 e. The minimum atomic E-state index is -0.633. The molecule has 3 rings (SSSR count). The predicted molar refractivity (Wildman–Crippen MR) is 121 cm³/mol. The largest absolute Gasteiger partial charge is 0.497 e. The topological polar surface area (TPSA) is 76.8 Å². The zero-order chi connectivity index (χ0) is 19.2. The Morgan fingerprint density at radius 3 is 2.34 bits per heavy atom. The number of amides is 1. The molecule has 0 bridgehead atoms. The van der Waals surface area contributed by atoms with Crippen LogP contribution in [0.15, 0.2) is 48.5 Å². The zero-order valence-electron chi connectivity index (χ0n) is 16.7. The van der Waals surface area contributed by atoms with Crippen LogP contribution in [-0.2, 0) is 4.79 Å². The average Bonchev–Trinajstić information content (AvgIpc) is 3.20. The van der Waals surface area contributed by atoms with Gasteiger partial charge in [-0.15, -0.1) is 24.8 Å². The Kier molecular flexibility index (Phi) is 10.1. The van der Waals surface area contributed by atoms with Crippen LogP contribution in [0.25, 0.3) is 0 Å². The van der Waals surface area contributed by atoms with Gasteiger partial charge in [-0.3, -0.25) is 4.79 Å². The van der Waals surface area contributed by atoms with E-state index in [2.05, 4.69) is 10.2 Å². The minimum absolute atomic E-state index is 0. The van der Waals surface area contributed by atoms with Gasteiger partial charge in [-0.1, -0.05) is 30.3 Å². The molecule has 1 saturated heterocycles. The third-order valence-electron chi connectivity index (χ3n) is 4.99. The summed E-state index contributed by atoms with van der Waals surface area (Å²) in [7, 11) is 3.30. The minimum Gasteiger partial charge on any atom is -0.497 e. The Balaban J connectivity index is 0.00000210. The van der Waals surface area contributed by atoms with Crippen molar-refractivity contribution in [3.8, 4) is 11.5 Å². The van der Waals surface area contributed by atoms with E-state index in [4.69, 9.17) is 15.2 Å². The fraction of sp³-hybridized carbons (Fsp3) is 0.381. The molecule has 2 aromatic carbocycles. The van der Waals surface area contributed by atoms with Gasteiger partial charge in [0.1, 0.15) is 17.5 Å². The molecule has 2 aromatic rings. The molecule has 1 aliphatic heterocycles.